The third-order valence-corrected chi connectivity index (χ3v) is 6.07. The molecule has 0 radical (unpaired) electrons. The predicted octanol–water partition coefficient (Wildman–Crippen LogP) is 4.95. The summed E-state index contributed by atoms with van der Waals surface area (Å²) in [4.78, 5) is 51.2. The Morgan fingerprint density at radius 3 is 2.25 bits per heavy atom. The Morgan fingerprint density at radius 1 is 0.944 bits per heavy atom. The molecule has 0 aliphatic rings. The van der Waals surface area contributed by atoms with Crippen LogP contribution in [0.2, 0.25) is 5.02 Å². The van der Waals surface area contributed by atoms with Gasteiger partial charge in [-0.25, -0.2) is 4.79 Å². The Balaban J connectivity index is 1.82. The molecule has 0 bridgehead atoms. The number of nitrogens with zero attached hydrogens (tertiary/aromatic N) is 1. The number of ether oxygens (including phenoxy) is 1. The first kappa shape index (κ1) is 24.9. The number of Topliss-reactive ketones (excluding diaryl/α,β-unsaturated/α-hetero) is 1. The summed E-state index contributed by atoms with van der Waals surface area (Å²) in [5, 5.41) is 3.45. The Kier molecular flexibility index (Phi) is 7.31. The van der Waals surface area contributed by atoms with Gasteiger partial charge in [-0.2, -0.15) is 0 Å². The number of halogens is 1. The lowest BCUT2D eigenvalue weighted by atomic mass is 10.0. The number of benzene rings is 3. The molecule has 0 aliphatic carbocycles. The summed E-state index contributed by atoms with van der Waals surface area (Å²) in [6.45, 7) is 1.55. The van der Waals surface area contributed by atoms with Gasteiger partial charge in [0.05, 0.1) is 18.2 Å². The van der Waals surface area contributed by atoms with Crippen molar-refractivity contribution in [1.29, 1.82) is 0 Å². The number of carbonyl (C=O) groups is 3. The van der Waals surface area contributed by atoms with Gasteiger partial charge < -0.3 is 14.6 Å². The van der Waals surface area contributed by atoms with Gasteiger partial charge in [0.2, 0.25) is 0 Å². The Hall–Kier alpha value is -4.23. The molecule has 1 N–H and O–H groups in total. The number of carbonyl (C=O) groups excluding carboxylic acids is 3. The molecule has 0 fully saturated rings. The molecule has 1 heterocycles. The van der Waals surface area contributed by atoms with E-state index < -0.39 is 17.3 Å². The zero-order valence-corrected chi connectivity index (χ0v) is 20.5. The van der Waals surface area contributed by atoms with E-state index in [1.807, 2.05) is 6.07 Å². The van der Waals surface area contributed by atoms with Crippen LogP contribution >= 0.6 is 11.6 Å². The zero-order chi connectivity index (χ0) is 25.8. The lowest BCUT2D eigenvalue weighted by molar-refractivity contribution is 0.0588. The summed E-state index contributed by atoms with van der Waals surface area (Å²) >= 11 is 6.24. The van der Waals surface area contributed by atoms with E-state index >= 15 is 0 Å². The fourth-order valence-corrected chi connectivity index (χ4v) is 4.18. The van der Waals surface area contributed by atoms with Crippen molar-refractivity contribution in [2.24, 2.45) is 0 Å². The molecule has 0 unspecified atom stereocenters. The summed E-state index contributed by atoms with van der Waals surface area (Å²) < 4.78 is 6.65. The predicted molar refractivity (Wildman–Crippen MR) is 138 cm³/mol. The molecule has 0 spiro atoms. The highest BCUT2D eigenvalue weighted by Crippen LogP contribution is 2.25. The summed E-state index contributed by atoms with van der Waals surface area (Å²) in [5.74, 6) is -1.21. The third kappa shape index (κ3) is 4.78. The van der Waals surface area contributed by atoms with E-state index in [1.165, 1.54) is 7.11 Å². The first-order chi connectivity index (χ1) is 17.3. The number of pyridine rings is 1. The maximum absolute atomic E-state index is 13.5. The molecule has 0 saturated carbocycles. The number of fused-ring (bicyclic) bond motifs is 1. The van der Waals surface area contributed by atoms with Crippen LogP contribution in [0, 0.1) is 0 Å². The molecular formula is C28H23ClN2O5. The summed E-state index contributed by atoms with van der Waals surface area (Å²) in [5.41, 5.74) is 1.54. The van der Waals surface area contributed by atoms with Crippen molar-refractivity contribution in [2.45, 2.75) is 19.9 Å². The number of ketones is 1. The van der Waals surface area contributed by atoms with Crippen LogP contribution in [0.4, 0.5) is 0 Å². The van der Waals surface area contributed by atoms with Crippen molar-refractivity contribution in [2.75, 3.05) is 7.11 Å². The Morgan fingerprint density at radius 2 is 1.61 bits per heavy atom. The van der Waals surface area contributed by atoms with E-state index in [2.05, 4.69) is 5.32 Å². The number of aromatic nitrogens is 1. The number of hydrogen-bond acceptors (Lipinski definition) is 5. The minimum absolute atomic E-state index is 0.00680. The normalized spacial score (nSPS) is 10.8. The SMILES string of the molecule is CCC(=O)c1ccc(C(=O)NCc2c(C(=O)OC)n(-c3ccccc3)c3cc(Cl)ccc3c2=O)cc1. The first-order valence-electron chi connectivity index (χ1n) is 11.3. The Labute approximate surface area is 212 Å². The average molecular weight is 503 g/mol. The van der Waals surface area contributed by atoms with Crippen LogP contribution in [-0.2, 0) is 11.3 Å². The largest absolute Gasteiger partial charge is 0.464 e. The molecule has 0 atom stereocenters. The molecule has 1 amide bonds. The van der Waals surface area contributed by atoms with Crippen molar-refractivity contribution in [3.63, 3.8) is 0 Å². The van der Waals surface area contributed by atoms with E-state index in [-0.39, 0.29) is 23.6 Å². The smallest absolute Gasteiger partial charge is 0.355 e. The number of esters is 1. The molecule has 8 heteroatoms. The monoisotopic (exact) mass is 502 g/mol. The molecule has 7 nitrogen and oxygen atoms in total. The molecule has 4 aromatic rings. The zero-order valence-electron chi connectivity index (χ0n) is 19.7. The molecule has 0 saturated heterocycles. The van der Waals surface area contributed by atoms with E-state index in [4.69, 9.17) is 16.3 Å². The minimum atomic E-state index is -0.732. The standard InChI is InChI=1S/C28H23ClN2O5/c1-3-24(32)17-9-11-18(12-10-17)27(34)30-16-22-25(28(35)36-2)31(20-7-5-4-6-8-20)23-15-19(29)13-14-21(23)26(22)33/h4-15H,3,16H2,1-2H3,(H,30,34). The van der Waals surface area contributed by atoms with E-state index in [1.54, 1.807) is 78.2 Å². The summed E-state index contributed by atoms with van der Waals surface area (Å²) in [7, 11) is 1.23. The third-order valence-electron chi connectivity index (χ3n) is 5.84. The molecule has 1 aromatic heterocycles. The van der Waals surface area contributed by atoms with Gasteiger partial charge >= 0.3 is 5.97 Å². The van der Waals surface area contributed by atoms with Crippen LogP contribution in [0.1, 0.15) is 50.1 Å². The highest BCUT2D eigenvalue weighted by Gasteiger charge is 2.25. The van der Waals surface area contributed by atoms with Crippen LogP contribution < -0.4 is 10.7 Å². The van der Waals surface area contributed by atoms with Gasteiger partial charge in [-0.05, 0) is 42.5 Å². The second kappa shape index (κ2) is 10.6. The number of amides is 1. The van der Waals surface area contributed by atoms with Crippen LogP contribution in [-0.4, -0.2) is 29.3 Å². The molecule has 4 rings (SSSR count). The highest BCUT2D eigenvalue weighted by atomic mass is 35.5. The highest BCUT2D eigenvalue weighted by molar-refractivity contribution is 6.31. The minimum Gasteiger partial charge on any atom is -0.464 e. The van der Waals surface area contributed by atoms with Crippen molar-refractivity contribution in [3.05, 3.63) is 110 Å². The van der Waals surface area contributed by atoms with Crippen molar-refractivity contribution < 1.29 is 19.1 Å². The lowest BCUT2D eigenvalue weighted by Gasteiger charge is -2.20. The van der Waals surface area contributed by atoms with Crippen molar-refractivity contribution in [3.8, 4) is 5.69 Å². The molecule has 36 heavy (non-hydrogen) atoms. The van der Waals surface area contributed by atoms with Crippen molar-refractivity contribution in [1.82, 2.24) is 9.88 Å². The van der Waals surface area contributed by atoms with E-state index in [0.717, 1.165) is 0 Å². The van der Waals surface area contributed by atoms with Gasteiger partial charge in [0, 0.05) is 40.2 Å². The number of methoxy groups -OCH3 is 1. The van der Waals surface area contributed by atoms with Crippen LogP contribution in [0.3, 0.4) is 0 Å². The maximum Gasteiger partial charge on any atom is 0.355 e. The molecule has 182 valence electrons. The fourth-order valence-electron chi connectivity index (χ4n) is 4.01. The second-order valence-corrected chi connectivity index (χ2v) is 8.45. The second-order valence-electron chi connectivity index (χ2n) is 8.02. The fraction of sp³-hybridized carbons (Fsp3) is 0.143. The Bertz CT molecular complexity index is 1530. The molecule has 0 aliphatic heterocycles. The molecular weight excluding hydrogens is 480 g/mol. The van der Waals surface area contributed by atoms with Gasteiger partial charge in [-0.15, -0.1) is 0 Å². The van der Waals surface area contributed by atoms with Crippen molar-refractivity contribution >= 4 is 40.2 Å². The first-order valence-corrected chi connectivity index (χ1v) is 11.7. The van der Waals surface area contributed by atoms with Gasteiger partial charge in [0.1, 0.15) is 5.69 Å². The summed E-state index contributed by atoms with van der Waals surface area (Å²) in [6.07, 6.45) is 0.364. The number of para-hydroxylation sites is 1. The quantitative estimate of drug-likeness (QED) is 0.285. The maximum atomic E-state index is 13.5. The van der Waals surface area contributed by atoms with Crippen LogP contribution in [0.5, 0.6) is 0 Å². The van der Waals surface area contributed by atoms with Gasteiger partial charge in [-0.1, -0.05) is 48.9 Å². The number of rotatable bonds is 7. The molecule has 3 aromatic carbocycles. The van der Waals surface area contributed by atoms with Crippen LogP contribution in [0.25, 0.3) is 16.6 Å². The van der Waals surface area contributed by atoms with E-state index in [0.29, 0.717) is 39.2 Å². The van der Waals surface area contributed by atoms with Gasteiger partial charge in [-0.3, -0.25) is 14.4 Å². The van der Waals surface area contributed by atoms with Gasteiger partial charge in [0.15, 0.2) is 11.2 Å². The topological polar surface area (TPSA) is 94.5 Å². The number of nitrogens with one attached hydrogen (secondary N) is 1. The summed E-state index contributed by atoms with van der Waals surface area (Å²) in [6, 6.07) is 20.1. The van der Waals surface area contributed by atoms with E-state index in [9.17, 15) is 19.2 Å². The van der Waals surface area contributed by atoms with Crippen LogP contribution in [0.15, 0.2) is 77.6 Å². The number of hydrogen-bond donors (Lipinski definition) is 1. The lowest BCUT2D eigenvalue weighted by Crippen LogP contribution is -2.31. The average Bonchev–Trinajstić information content (AvgIpc) is 2.91. The van der Waals surface area contributed by atoms with Gasteiger partial charge in [0.25, 0.3) is 5.91 Å².